The molecule has 0 amide bonds. The van der Waals surface area contributed by atoms with Crippen LogP contribution < -0.4 is 5.32 Å². The second-order valence-corrected chi connectivity index (χ2v) is 5.10. The van der Waals surface area contributed by atoms with Crippen molar-refractivity contribution >= 4 is 0 Å². The van der Waals surface area contributed by atoms with Crippen molar-refractivity contribution in [2.24, 2.45) is 0 Å². The van der Waals surface area contributed by atoms with Crippen molar-refractivity contribution in [1.29, 1.82) is 5.26 Å². The third kappa shape index (κ3) is 3.47. The maximum absolute atomic E-state index is 9.19. The number of nitriles is 1. The van der Waals surface area contributed by atoms with Gasteiger partial charge in [-0.2, -0.15) is 5.26 Å². The molecule has 0 radical (unpaired) electrons. The topological polar surface area (TPSA) is 39.1 Å². The zero-order valence-electron chi connectivity index (χ0n) is 10.9. The van der Waals surface area contributed by atoms with Crippen LogP contribution in [0.3, 0.4) is 0 Å². The Hall–Kier alpha value is -0.590. The first-order valence-electron chi connectivity index (χ1n) is 6.49. The fraction of sp³-hybridized carbons (Fsp3) is 0.923. The van der Waals surface area contributed by atoms with Gasteiger partial charge in [-0.3, -0.25) is 4.90 Å². The number of hydrogen-bond donors (Lipinski definition) is 1. The number of nitrogens with one attached hydrogen (secondary N) is 1. The fourth-order valence-electron chi connectivity index (χ4n) is 2.50. The van der Waals surface area contributed by atoms with E-state index in [-0.39, 0.29) is 0 Å². The molecule has 0 spiro atoms. The summed E-state index contributed by atoms with van der Waals surface area (Å²) in [5.41, 5.74) is -0.399. The lowest BCUT2D eigenvalue weighted by Crippen LogP contribution is -2.53. The summed E-state index contributed by atoms with van der Waals surface area (Å²) in [6.45, 7) is 6.24. The average Bonchev–Trinajstić information content (AvgIpc) is 2.32. The van der Waals surface area contributed by atoms with Crippen molar-refractivity contribution in [2.45, 2.75) is 57.5 Å². The number of likely N-dealkylation sites (N-methyl/N-ethyl adjacent to an activating group) is 1. The summed E-state index contributed by atoms with van der Waals surface area (Å²) in [7, 11) is 1.88. The van der Waals surface area contributed by atoms with Crippen LogP contribution in [0.2, 0.25) is 0 Å². The molecule has 3 heteroatoms. The Morgan fingerprint density at radius 2 is 2.25 bits per heavy atom. The van der Waals surface area contributed by atoms with Crippen molar-refractivity contribution in [3.63, 3.8) is 0 Å². The van der Waals surface area contributed by atoms with E-state index in [4.69, 9.17) is 0 Å². The first-order chi connectivity index (χ1) is 7.65. The highest BCUT2D eigenvalue weighted by molar-refractivity contribution is 5.05. The summed E-state index contributed by atoms with van der Waals surface area (Å²) in [4.78, 5) is 2.51. The molecular weight excluding hydrogens is 198 g/mol. The third-order valence-corrected chi connectivity index (χ3v) is 3.69. The molecule has 3 nitrogen and oxygen atoms in total. The molecule has 0 saturated carbocycles. The molecule has 1 aliphatic heterocycles. The maximum Gasteiger partial charge on any atom is 0.116 e. The van der Waals surface area contributed by atoms with Gasteiger partial charge in [0.2, 0.25) is 0 Å². The predicted octanol–water partition coefficient (Wildman–Crippen LogP) is 2.14. The first-order valence-corrected chi connectivity index (χ1v) is 6.49. The number of likely N-dealkylation sites (tertiary alicyclic amines) is 1. The van der Waals surface area contributed by atoms with E-state index >= 15 is 0 Å². The highest BCUT2D eigenvalue weighted by atomic mass is 15.2. The standard InChI is InChI=1S/C13H25N3/c1-4-7-12-8-5-6-9-16(12)11-13(2,10-14)15-3/h12,15H,4-9,11H2,1-3H3. The van der Waals surface area contributed by atoms with Gasteiger partial charge in [0.1, 0.15) is 5.54 Å². The largest absolute Gasteiger partial charge is 0.302 e. The van der Waals surface area contributed by atoms with Gasteiger partial charge in [0.15, 0.2) is 0 Å². The number of rotatable bonds is 5. The highest BCUT2D eigenvalue weighted by Gasteiger charge is 2.29. The Bertz CT molecular complexity index is 244. The van der Waals surface area contributed by atoms with Crippen LogP contribution in [0.5, 0.6) is 0 Å². The molecular formula is C13H25N3. The van der Waals surface area contributed by atoms with Gasteiger partial charge >= 0.3 is 0 Å². The van der Waals surface area contributed by atoms with Crippen LogP contribution >= 0.6 is 0 Å². The monoisotopic (exact) mass is 223 g/mol. The first kappa shape index (κ1) is 13.5. The minimum absolute atomic E-state index is 0.399. The SMILES string of the molecule is CCCC1CCCCN1CC(C)(C#N)NC. The summed E-state index contributed by atoms with van der Waals surface area (Å²) in [6, 6.07) is 3.08. The molecule has 92 valence electrons. The van der Waals surface area contributed by atoms with Crippen LogP contribution in [0.1, 0.15) is 46.0 Å². The molecule has 0 aromatic heterocycles. The van der Waals surface area contributed by atoms with Gasteiger partial charge in [-0.1, -0.05) is 19.8 Å². The molecule has 1 rings (SSSR count). The lowest BCUT2D eigenvalue weighted by molar-refractivity contribution is 0.116. The van der Waals surface area contributed by atoms with Crippen LogP contribution in [0, 0.1) is 11.3 Å². The minimum atomic E-state index is -0.399. The molecule has 1 fully saturated rings. The molecule has 0 aliphatic carbocycles. The Labute approximate surface area is 99.8 Å². The van der Waals surface area contributed by atoms with E-state index in [0.717, 1.165) is 13.1 Å². The van der Waals surface area contributed by atoms with Gasteiger partial charge in [-0.05, 0) is 39.8 Å². The third-order valence-electron chi connectivity index (χ3n) is 3.69. The van der Waals surface area contributed by atoms with Crippen molar-refractivity contribution in [3.8, 4) is 6.07 Å². The molecule has 0 bridgehead atoms. The molecule has 2 atom stereocenters. The van der Waals surface area contributed by atoms with E-state index in [1.807, 2.05) is 14.0 Å². The Morgan fingerprint density at radius 3 is 2.81 bits per heavy atom. The van der Waals surface area contributed by atoms with Crippen molar-refractivity contribution in [3.05, 3.63) is 0 Å². The number of piperidine rings is 1. The van der Waals surface area contributed by atoms with Gasteiger partial charge in [0, 0.05) is 12.6 Å². The Morgan fingerprint density at radius 1 is 1.50 bits per heavy atom. The van der Waals surface area contributed by atoms with E-state index < -0.39 is 5.54 Å². The maximum atomic E-state index is 9.19. The van der Waals surface area contributed by atoms with Gasteiger partial charge in [0.25, 0.3) is 0 Å². The minimum Gasteiger partial charge on any atom is -0.302 e. The molecule has 0 aromatic carbocycles. The lowest BCUT2D eigenvalue weighted by atomic mass is 9.95. The van der Waals surface area contributed by atoms with Crippen molar-refractivity contribution in [2.75, 3.05) is 20.1 Å². The fourth-order valence-corrected chi connectivity index (χ4v) is 2.50. The van der Waals surface area contributed by atoms with Gasteiger partial charge in [-0.15, -0.1) is 0 Å². The summed E-state index contributed by atoms with van der Waals surface area (Å²) < 4.78 is 0. The summed E-state index contributed by atoms with van der Waals surface area (Å²) in [5.74, 6) is 0. The summed E-state index contributed by atoms with van der Waals surface area (Å²) >= 11 is 0. The van der Waals surface area contributed by atoms with Crippen LogP contribution in [-0.4, -0.2) is 36.6 Å². The second-order valence-electron chi connectivity index (χ2n) is 5.10. The van der Waals surface area contributed by atoms with Crippen LogP contribution in [0.25, 0.3) is 0 Å². The zero-order chi connectivity index (χ0) is 12.0. The quantitative estimate of drug-likeness (QED) is 0.776. The normalized spacial score (nSPS) is 26.0. The van der Waals surface area contributed by atoms with Crippen molar-refractivity contribution < 1.29 is 0 Å². The molecule has 1 heterocycles. The molecule has 2 unspecified atom stereocenters. The molecule has 0 aromatic rings. The molecule has 16 heavy (non-hydrogen) atoms. The number of nitrogens with zero attached hydrogens (tertiary/aromatic N) is 2. The lowest BCUT2D eigenvalue weighted by Gasteiger charge is -2.39. The Kier molecular flexibility index (Phi) is 5.24. The van der Waals surface area contributed by atoms with Crippen LogP contribution in [-0.2, 0) is 0 Å². The van der Waals surface area contributed by atoms with E-state index in [2.05, 4.69) is 23.2 Å². The summed E-state index contributed by atoms with van der Waals surface area (Å²) in [5, 5.41) is 12.3. The van der Waals surface area contributed by atoms with E-state index in [1.165, 1.54) is 32.1 Å². The van der Waals surface area contributed by atoms with E-state index in [0.29, 0.717) is 6.04 Å². The smallest absolute Gasteiger partial charge is 0.116 e. The Balaban J connectivity index is 2.58. The molecule has 1 N–H and O–H groups in total. The van der Waals surface area contributed by atoms with Gasteiger partial charge < -0.3 is 5.32 Å². The molecule has 1 aliphatic rings. The van der Waals surface area contributed by atoms with Crippen molar-refractivity contribution in [1.82, 2.24) is 10.2 Å². The predicted molar refractivity (Wildman–Crippen MR) is 67.2 cm³/mol. The van der Waals surface area contributed by atoms with Crippen LogP contribution in [0.15, 0.2) is 0 Å². The zero-order valence-corrected chi connectivity index (χ0v) is 10.9. The summed E-state index contributed by atoms with van der Waals surface area (Å²) in [6.07, 6.45) is 6.45. The van der Waals surface area contributed by atoms with Gasteiger partial charge in [-0.25, -0.2) is 0 Å². The second kappa shape index (κ2) is 6.22. The average molecular weight is 223 g/mol. The van der Waals surface area contributed by atoms with Crippen LogP contribution in [0.4, 0.5) is 0 Å². The highest BCUT2D eigenvalue weighted by Crippen LogP contribution is 2.22. The molecule has 1 saturated heterocycles. The van der Waals surface area contributed by atoms with E-state index in [9.17, 15) is 5.26 Å². The van der Waals surface area contributed by atoms with E-state index in [1.54, 1.807) is 0 Å². The number of hydrogen-bond acceptors (Lipinski definition) is 3. The van der Waals surface area contributed by atoms with Gasteiger partial charge in [0.05, 0.1) is 6.07 Å².